The van der Waals surface area contributed by atoms with Gasteiger partial charge in [0.2, 0.25) is 0 Å². The summed E-state index contributed by atoms with van der Waals surface area (Å²) in [6, 6.07) is 5.04. The van der Waals surface area contributed by atoms with E-state index in [1.807, 2.05) is 18.7 Å². The Hall–Kier alpha value is -1.36. The van der Waals surface area contributed by atoms with Crippen LogP contribution in [0.15, 0.2) is 18.2 Å². The van der Waals surface area contributed by atoms with E-state index < -0.39 is 5.97 Å². The Balaban J connectivity index is 2.70. The number of anilines is 2. The van der Waals surface area contributed by atoms with Gasteiger partial charge in [0, 0.05) is 11.7 Å². The number of carboxylic acid groups (broad SMARTS) is 1. The average Bonchev–Trinajstić information content (AvgIpc) is 2.29. The lowest BCUT2D eigenvalue weighted by molar-refractivity contribution is 0.0698. The predicted molar refractivity (Wildman–Crippen MR) is 78.5 cm³/mol. The third kappa shape index (κ3) is 4.49. The Labute approximate surface area is 112 Å². The maximum atomic E-state index is 11.1. The van der Waals surface area contributed by atoms with Crippen LogP contribution in [0.1, 0.15) is 30.6 Å². The first-order valence-electron chi connectivity index (χ1n) is 6.01. The molecule has 0 heterocycles. The van der Waals surface area contributed by atoms with Crippen molar-refractivity contribution in [3.63, 3.8) is 0 Å². The molecule has 1 rings (SSSR count). The molecule has 1 aromatic rings. The van der Waals surface area contributed by atoms with Crippen LogP contribution in [-0.4, -0.2) is 28.6 Å². The molecule has 0 fully saturated rings. The van der Waals surface area contributed by atoms with Gasteiger partial charge in [0.25, 0.3) is 0 Å². The number of nitrogen functional groups attached to an aromatic ring is 1. The second kappa shape index (κ2) is 7.16. The van der Waals surface area contributed by atoms with E-state index in [4.69, 9.17) is 10.8 Å². The molecule has 0 saturated carbocycles. The monoisotopic (exact) mass is 268 g/mol. The summed E-state index contributed by atoms with van der Waals surface area (Å²) >= 11 is 1.88. The van der Waals surface area contributed by atoms with Gasteiger partial charge in [-0.25, -0.2) is 4.79 Å². The summed E-state index contributed by atoms with van der Waals surface area (Å²) in [7, 11) is 0. The Kier molecular flexibility index (Phi) is 5.85. The molecule has 0 amide bonds. The maximum Gasteiger partial charge on any atom is 0.337 e. The summed E-state index contributed by atoms with van der Waals surface area (Å²) in [5.41, 5.74) is 7.11. The fourth-order valence-corrected chi connectivity index (χ4v) is 2.42. The molecule has 4 nitrogen and oxygen atoms in total. The van der Waals surface area contributed by atoms with E-state index in [1.54, 1.807) is 12.1 Å². The molecule has 0 radical (unpaired) electrons. The summed E-state index contributed by atoms with van der Waals surface area (Å²) in [6.45, 7) is 4.17. The van der Waals surface area contributed by atoms with E-state index in [0.29, 0.717) is 11.4 Å². The molecule has 1 unspecified atom stereocenters. The zero-order chi connectivity index (χ0) is 13.5. The van der Waals surface area contributed by atoms with Gasteiger partial charge in [-0.05, 0) is 43.0 Å². The van der Waals surface area contributed by atoms with Crippen LogP contribution in [0.3, 0.4) is 0 Å². The lowest BCUT2D eigenvalue weighted by Crippen LogP contribution is -2.18. The third-order valence-electron chi connectivity index (χ3n) is 2.58. The molecule has 0 aliphatic carbocycles. The van der Waals surface area contributed by atoms with Crippen molar-refractivity contribution in [2.45, 2.75) is 26.3 Å². The minimum atomic E-state index is -0.937. The number of nitrogens with two attached hydrogens (primary N) is 1. The van der Waals surface area contributed by atoms with Crippen molar-refractivity contribution in [3.8, 4) is 0 Å². The molecule has 0 spiro atoms. The van der Waals surface area contributed by atoms with Gasteiger partial charge in [0.05, 0.1) is 11.3 Å². The Bertz CT molecular complexity index is 410. The molecule has 100 valence electrons. The van der Waals surface area contributed by atoms with Crippen LogP contribution in [0.4, 0.5) is 11.4 Å². The predicted octanol–water partition coefficient (Wildman–Crippen LogP) is 2.91. The van der Waals surface area contributed by atoms with Gasteiger partial charge in [-0.3, -0.25) is 0 Å². The Morgan fingerprint density at radius 2 is 2.28 bits per heavy atom. The van der Waals surface area contributed by atoms with Gasteiger partial charge in [-0.2, -0.15) is 11.8 Å². The number of hydrogen-bond donors (Lipinski definition) is 3. The van der Waals surface area contributed by atoms with E-state index in [-0.39, 0.29) is 11.6 Å². The zero-order valence-electron chi connectivity index (χ0n) is 10.8. The number of hydrogen-bond acceptors (Lipinski definition) is 4. The SMILES string of the molecule is CCSCCC(C)Nc1cc(N)ccc1C(=O)O. The van der Waals surface area contributed by atoms with Crippen molar-refractivity contribution in [2.24, 2.45) is 0 Å². The molecule has 0 aromatic heterocycles. The molecular formula is C13H20N2O2S. The van der Waals surface area contributed by atoms with Gasteiger partial charge >= 0.3 is 5.97 Å². The molecule has 1 aromatic carbocycles. The minimum Gasteiger partial charge on any atom is -0.478 e. The number of carboxylic acids is 1. The number of carbonyl (C=O) groups is 1. The second-order valence-corrected chi connectivity index (χ2v) is 5.54. The first-order valence-corrected chi connectivity index (χ1v) is 7.17. The standard InChI is InChI=1S/C13H20N2O2S/c1-3-18-7-6-9(2)15-12-8-10(14)4-5-11(12)13(16)17/h4-5,8-9,15H,3,6-7,14H2,1-2H3,(H,16,17). The van der Waals surface area contributed by atoms with E-state index >= 15 is 0 Å². The van der Waals surface area contributed by atoms with Crippen molar-refractivity contribution < 1.29 is 9.90 Å². The van der Waals surface area contributed by atoms with Crippen LogP contribution in [0.5, 0.6) is 0 Å². The number of aromatic carboxylic acids is 1. The Morgan fingerprint density at radius 3 is 2.89 bits per heavy atom. The van der Waals surface area contributed by atoms with Crippen molar-refractivity contribution >= 4 is 29.1 Å². The summed E-state index contributed by atoms with van der Waals surface area (Å²) in [6.07, 6.45) is 0.992. The molecule has 5 heteroatoms. The molecule has 1 atom stereocenters. The van der Waals surface area contributed by atoms with Gasteiger partial charge < -0.3 is 16.2 Å². The topological polar surface area (TPSA) is 75.3 Å². The summed E-state index contributed by atoms with van der Waals surface area (Å²) in [5, 5.41) is 12.3. The zero-order valence-corrected chi connectivity index (χ0v) is 11.6. The molecule has 0 bridgehead atoms. The first kappa shape index (κ1) is 14.7. The minimum absolute atomic E-state index is 0.226. The number of thioether (sulfide) groups is 1. The molecular weight excluding hydrogens is 248 g/mol. The van der Waals surface area contributed by atoms with E-state index in [9.17, 15) is 4.79 Å². The second-order valence-electron chi connectivity index (χ2n) is 4.14. The summed E-state index contributed by atoms with van der Waals surface area (Å²) in [5.74, 6) is 1.23. The molecule has 0 aliphatic heterocycles. The van der Waals surface area contributed by atoms with Crippen LogP contribution in [0, 0.1) is 0 Å². The number of nitrogens with one attached hydrogen (secondary N) is 1. The van der Waals surface area contributed by atoms with Gasteiger partial charge in [0.1, 0.15) is 0 Å². The molecule has 18 heavy (non-hydrogen) atoms. The maximum absolute atomic E-state index is 11.1. The fraction of sp³-hybridized carbons (Fsp3) is 0.462. The Morgan fingerprint density at radius 1 is 1.56 bits per heavy atom. The third-order valence-corrected chi connectivity index (χ3v) is 3.51. The highest BCUT2D eigenvalue weighted by molar-refractivity contribution is 7.99. The van der Waals surface area contributed by atoms with Gasteiger partial charge in [-0.1, -0.05) is 6.92 Å². The number of rotatable bonds is 7. The molecule has 0 aliphatic rings. The highest BCUT2D eigenvalue weighted by Gasteiger charge is 2.12. The highest BCUT2D eigenvalue weighted by atomic mass is 32.2. The van der Waals surface area contributed by atoms with Crippen LogP contribution >= 0.6 is 11.8 Å². The van der Waals surface area contributed by atoms with Gasteiger partial charge in [-0.15, -0.1) is 0 Å². The number of benzene rings is 1. The lowest BCUT2D eigenvalue weighted by atomic mass is 10.1. The van der Waals surface area contributed by atoms with Crippen molar-refractivity contribution in [1.82, 2.24) is 0 Å². The van der Waals surface area contributed by atoms with E-state index in [2.05, 4.69) is 12.2 Å². The lowest BCUT2D eigenvalue weighted by Gasteiger charge is -2.17. The highest BCUT2D eigenvalue weighted by Crippen LogP contribution is 2.21. The van der Waals surface area contributed by atoms with E-state index in [1.165, 1.54) is 6.07 Å². The van der Waals surface area contributed by atoms with Crippen LogP contribution in [-0.2, 0) is 0 Å². The normalized spacial score (nSPS) is 12.1. The van der Waals surface area contributed by atoms with Crippen molar-refractivity contribution in [3.05, 3.63) is 23.8 Å². The average molecular weight is 268 g/mol. The van der Waals surface area contributed by atoms with Crippen LogP contribution in [0.25, 0.3) is 0 Å². The van der Waals surface area contributed by atoms with Crippen molar-refractivity contribution in [1.29, 1.82) is 0 Å². The molecule has 4 N–H and O–H groups in total. The van der Waals surface area contributed by atoms with E-state index in [0.717, 1.165) is 17.9 Å². The first-order chi connectivity index (χ1) is 8.54. The quantitative estimate of drug-likeness (QED) is 0.523. The smallest absolute Gasteiger partial charge is 0.337 e. The summed E-state index contributed by atoms with van der Waals surface area (Å²) in [4.78, 5) is 11.1. The van der Waals surface area contributed by atoms with Crippen LogP contribution < -0.4 is 11.1 Å². The van der Waals surface area contributed by atoms with Crippen LogP contribution in [0.2, 0.25) is 0 Å². The largest absolute Gasteiger partial charge is 0.478 e. The fourth-order valence-electron chi connectivity index (χ4n) is 1.61. The molecule has 0 saturated heterocycles. The summed E-state index contributed by atoms with van der Waals surface area (Å²) < 4.78 is 0. The van der Waals surface area contributed by atoms with Gasteiger partial charge in [0.15, 0.2) is 0 Å². The van der Waals surface area contributed by atoms with Crippen molar-refractivity contribution in [2.75, 3.05) is 22.6 Å².